The molecule has 0 radical (unpaired) electrons. The van der Waals surface area contributed by atoms with Gasteiger partial charge in [-0.1, -0.05) is 46.3 Å². The lowest BCUT2D eigenvalue weighted by Gasteiger charge is -2.20. The smallest absolute Gasteiger partial charge is 0.319 e. The third-order valence-corrected chi connectivity index (χ3v) is 5.05. The summed E-state index contributed by atoms with van der Waals surface area (Å²) in [5, 5.41) is 5.76. The van der Waals surface area contributed by atoms with Gasteiger partial charge in [-0.25, -0.2) is 4.79 Å². The molecular formula is C21H23BrN2O. The molecule has 0 saturated heterocycles. The number of hydrogen-bond donors (Lipinski definition) is 2. The van der Waals surface area contributed by atoms with E-state index in [1.54, 1.807) is 6.20 Å². The first kappa shape index (κ1) is 17.7. The molecule has 25 heavy (non-hydrogen) atoms. The van der Waals surface area contributed by atoms with E-state index in [-0.39, 0.29) is 12.1 Å². The quantitative estimate of drug-likeness (QED) is 0.714. The SMILES string of the molecule is CC(NC(=O)N/C=C/c1cccc(Br)c1)c1ccc2c(c1)CCCC2. The van der Waals surface area contributed by atoms with Crippen LogP contribution >= 0.6 is 15.9 Å². The van der Waals surface area contributed by atoms with Crippen molar-refractivity contribution in [3.63, 3.8) is 0 Å². The molecule has 0 bridgehead atoms. The molecule has 3 nitrogen and oxygen atoms in total. The number of carbonyl (C=O) groups is 1. The van der Waals surface area contributed by atoms with Gasteiger partial charge in [-0.05, 0) is 73.1 Å². The maximum Gasteiger partial charge on any atom is 0.319 e. The van der Waals surface area contributed by atoms with E-state index in [9.17, 15) is 4.79 Å². The summed E-state index contributed by atoms with van der Waals surface area (Å²) < 4.78 is 1.01. The van der Waals surface area contributed by atoms with E-state index < -0.39 is 0 Å². The van der Waals surface area contributed by atoms with Gasteiger partial charge in [0.1, 0.15) is 0 Å². The molecule has 1 atom stereocenters. The number of rotatable bonds is 4. The van der Waals surface area contributed by atoms with Crippen molar-refractivity contribution in [1.29, 1.82) is 0 Å². The Kier molecular flexibility index (Phi) is 5.92. The first-order chi connectivity index (χ1) is 12.1. The summed E-state index contributed by atoms with van der Waals surface area (Å²) in [4.78, 5) is 12.1. The zero-order valence-electron chi connectivity index (χ0n) is 14.4. The van der Waals surface area contributed by atoms with Crippen molar-refractivity contribution >= 4 is 28.0 Å². The molecule has 1 unspecified atom stereocenters. The molecule has 0 fully saturated rings. The number of urea groups is 1. The Morgan fingerprint density at radius 2 is 1.92 bits per heavy atom. The molecule has 1 aliphatic carbocycles. The van der Waals surface area contributed by atoms with Gasteiger partial charge in [0, 0.05) is 10.7 Å². The molecule has 2 amide bonds. The van der Waals surface area contributed by atoms with Crippen LogP contribution in [0.15, 0.2) is 53.1 Å². The van der Waals surface area contributed by atoms with Crippen molar-refractivity contribution in [3.8, 4) is 0 Å². The number of halogens is 1. The number of fused-ring (bicyclic) bond motifs is 1. The highest BCUT2D eigenvalue weighted by Crippen LogP contribution is 2.24. The predicted molar refractivity (Wildman–Crippen MR) is 106 cm³/mol. The Morgan fingerprint density at radius 1 is 1.12 bits per heavy atom. The van der Waals surface area contributed by atoms with Gasteiger partial charge in [0.2, 0.25) is 0 Å². The molecule has 130 valence electrons. The fourth-order valence-corrected chi connectivity index (χ4v) is 3.59. The van der Waals surface area contributed by atoms with Crippen LogP contribution in [-0.2, 0) is 12.8 Å². The Balaban J connectivity index is 1.55. The maximum absolute atomic E-state index is 12.1. The molecule has 4 heteroatoms. The van der Waals surface area contributed by atoms with Gasteiger partial charge in [-0.2, -0.15) is 0 Å². The topological polar surface area (TPSA) is 41.1 Å². The van der Waals surface area contributed by atoms with Crippen molar-refractivity contribution in [1.82, 2.24) is 10.6 Å². The zero-order chi connectivity index (χ0) is 17.6. The second kappa shape index (κ2) is 8.34. The van der Waals surface area contributed by atoms with E-state index in [4.69, 9.17) is 0 Å². The van der Waals surface area contributed by atoms with Crippen LogP contribution in [0, 0.1) is 0 Å². The first-order valence-electron chi connectivity index (χ1n) is 8.72. The van der Waals surface area contributed by atoms with Crippen LogP contribution in [-0.4, -0.2) is 6.03 Å². The molecule has 0 spiro atoms. The minimum atomic E-state index is -0.198. The second-order valence-corrected chi connectivity index (χ2v) is 7.38. The van der Waals surface area contributed by atoms with E-state index in [0.717, 1.165) is 22.0 Å². The van der Waals surface area contributed by atoms with Crippen molar-refractivity contribution in [2.45, 2.75) is 38.6 Å². The van der Waals surface area contributed by atoms with Gasteiger partial charge in [0.15, 0.2) is 0 Å². The van der Waals surface area contributed by atoms with Gasteiger partial charge in [0.25, 0.3) is 0 Å². The lowest BCUT2D eigenvalue weighted by atomic mass is 9.89. The van der Waals surface area contributed by atoms with Crippen molar-refractivity contribution < 1.29 is 4.79 Å². The minimum Gasteiger partial charge on any atom is -0.331 e. The third kappa shape index (κ3) is 4.95. The van der Waals surface area contributed by atoms with Crippen LogP contribution < -0.4 is 10.6 Å². The maximum atomic E-state index is 12.1. The van der Waals surface area contributed by atoms with E-state index in [2.05, 4.69) is 44.8 Å². The average molecular weight is 399 g/mol. The number of nitrogens with one attached hydrogen (secondary N) is 2. The molecule has 1 aliphatic rings. The van der Waals surface area contributed by atoms with E-state index >= 15 is 0 Å². The Hall–Kier alpha value is -2.07. The number of benzene rings is 2. The molecule has 0 aliphatic heterocycles. The predicted octanol–water partition coefficient (Wildman–Crippen LogP) is 5.36. The number of carbonyl (C=O) groups excluding carboxylic acids is 1. The summed E-state index contributed by atoms with van der Waals surface area (Å²) in [5.74, 6) is 0. The van der Waals surface area contributed by atoms with Crippen molar-refractivity contribution in [2.75, 3.05) is 0 Å². The Morgan fingerprint density at radius 3 is 2.72 bits per heavy atom. The summed E-state index contributed by atoms with van der Waals surface area (Å²) in [5.41, 5.74) is 5.08. The number of amides is 2. The van der Waals surface area contributed by atoms with Gasteiger partial charge in [0.05, 0.1) is 6.04 Å². The minimum absolute atomic E-state index is 0.0218. The fourth-order valence-electron chi connectivity index (χ4n) is 3.17. The van der Waals surface area contributed by atoms with Gasteiger partial charge >= 0.3 is 6.03 Å². The molecular weight excluding hydrogens is 376 g/mol. The summed E-state index contributed by atoms with van der Waals surface area (Å²) in [6.45, 7) is 2.02. The van der Waals surface area contributed by atoms with Gasteiger partial charge in [-0.15, -0.1) is 0 Å². The van der Waals surface area contributed by atoms with Crippen molar-refractivity contribution in [3.05, 3.63) is 75.4 Å². The average Bonchev–Trinajstić information content (AvgIpc) is 2.61. The van der Waals surface area contributed by atoms with Crippen LogP contribution in [0.25, 0.3) is 6.08 Å². The van der Waals surface area contributed by atoms with Crippen LogP contribution in [0.2, 0.25) is 0 Å². The normalized spacial score (nSPS) is 14.8. The Bertz CT molecular complexity index is 785. The molecule has 2 aromatic rings. The lowest BCUT2D eigenvalue weighted by molar-refractivity contribution is 0.241. The molecule has 0 aromatic heterocycles. The van der Waals surface area contributed by atoms with Crippen LogP contribution in [0.3, 0.4) is 0 Å². The lowest BCUT2D eigenvalue weighted by Crippen LogP contribution is -2.34. The highest BCUT2D eigenvalue weighted by atomic mass is 79.9. The monoisotopic (exact) mass is 398 g/mol. The molecule has 0 heterocycles. The highest BCUT2D eigenvalue weighted by molar-refractivity contribution is 9.10. The largest absolute Gasteiger partial charge is 0.331 e. The fraction of sp³-hybridized carbons (Fsp3) is 0.286. The van der Waals surface area contributed by atoms with E-state index in [1.165, 1.54) is 30.4 Å². The first-order valence-corrected chi connectivity index (χ1v) is 9.52. The summed E-state index contributed by atoms with van der Waals surface area (Å²) in [6, 6.07) is 14.3. The van der Waals surface area contributed by atoms with Crippen LogP contribution in [0.4, 0.5) is 4.79 Å². The molecule has 0 saturated carbocycles. The Labute approximate surface area is 157 Å². The molecule has 3 rings (SSSR count). The third-order valence-electron chi connectivity index (χ3n) is 4.56. The summed E-state index contributed by atoms with van der Waals surface area (Å²) >= 11 is 3.43. The number of aryl methyl sites for hydroxylation is 2. The molecule has 2 aromatic carbocycles. The number of hydrogen-bond acceptors (Lipinski definition) is 1. The van der Waals surface area contributed by atoms with E-state index in [1.807, 2.05) is 37.3 Å². The summed E-state index contributed by atoms with van der Waals surface area (Å²) in [7, 11) is 0. The second-order valence-electron chi connectivity index (χ2n) is 6.46. The van der Waals surface area contributed by atoms with E-state index in [0.29, 0.717) is 0 Å². The zero-order valence-corrected chi connectivity index (χ0v) is 16.0. The van der Waals surface area contributed by atoms with Crippen LogP contribution in [0.1, 0.15) is 48.1 Å². The highest BCUT2D eigenvalue weighted by Gasteiger charge is 2.13. The van der Waals surface area contributed by atoms with Crippen LogP contribution in [0.5, 0.6) is 0 Å². The summed E-state index contributed by atoms with van der Waals surface area (Å²) in [6.07, 6.45) is 8.41. The van der Waals surface area contributed by atoms with Gasteiger partial charge in [-0.3, -0.25) is 0 Å². The van der Waals surface area contributed by atoms with Gasteiger partial charge < -0.3 is 10.6 Å². The molecule has 2 N–H and O–H groups in total. The standard InChI is InChI=1S/C21H23BrN2O/c1-15(18-10-9-17-6-2-3-7-19(17)14-18)24-21(25)23-12-11-16-5-4-8-20(22)13-16/h4-5,8-15H,2-3,6-7H2,1H3,(H2,23,24,25)/b12-11+. The van der Waals surface area contributed by atoms with Crippen molar-refractivity contribution in [2.24, 2.45) is 0 Å².